The molecular weight excluding hydrogens is 656 g/mol. The number of amides is 1. The van der Waals surface area contributed by atoms with E-state index in [4.69, 9.17) is 4.74 Å². The number of nitrogens with zero attached hydrogens (tertiary/aromatic N) is 3. The second kappa shape index (κ2) is 13.0. The number of anilines is 1. The van der Waals surface area contributed by atoms with E-state index in [0.29, 0.717) is 28.3 Å². The molecule has 0 bridgehead atoms. The number of morpholine rings is 1. The first-order chi connectivity index (χ1) is 22.5. The molecule has 16 heteroatoms. The number of ether oxygens (including phenoxy) is 1. The highest BCUT2D eigenvalue weighted by Crippen LogP contribution is 2.40. The molecule has 1 amide bonds. The Hall–Kier alpha value is -4.86. The summed E-state index contributed by atoms with van der Waals surface area (Å²) in [6.45, 7) is 1.78. The lowest BCUT2D eigenvalue weighted by Gasteiger charge is -2.38. The fraction of sp³-hybridized carbons (Fsp3) is 0.312. The molecule has 8 nitrogen and oxygen atoms in total. The van der Waals surface area contributed by atoms with Crippen LogP contribution in [0.2, 0.25) is 0 Å². The lowest BCUT2D eigenvalue weighted by atomic mass is 9.94. The van der Waals surface area contributed by atoms with Gasteiger partial charge in [0.15, 0.2) is 0 Å². The van der Waals surface area contributed by atoms with Crippen LogP contribution in [0.25, 0.3) is 22.2 Å². The van der Waals surface area contributed by atoms with E-state index in [-0.39, 0.29) is 35.2 Å². The van der Waals surface area contributed by atoms with E-state index in [9.17, 15) is 41.0 Å². The van der Waals surface area contributed by atoms with Gasteiger partial charge in [0.25, 0.3) is 5.91 Å². The van der Waals surface area contributed by atoms with Gasteiger partial charge in [0.2, 0.25) is 0 Å². The number of fused-ring (bicyclic) bond motifs is 1. The highest BCUT2D eigenvalue weighted by molar-refractivity contribution is 5.98. The number of aromatic nitrogens is 2. The van der Waals surface area contributed by atoms with E-state index in [1.54, 1.807) is 6.92 Å². The van der Waals surface area contributed by atoms with Gasteiger partial charge in [-0.25, -0.2) is 13.6 Å². The lowest BCUT2D eigenvalue weighted by Crippen LogP contribution is -2.53. The van der Waals surface area contributed by atoms with Crippen molar-refractivity contribution in [3.05, 3.63) is 88.2 Å². The number of halogens is 8. The van der Waals surface area contributed by atoms with Crippen LogP contribution in [0, 0.1) is 25.5 Å². The van der Waals surface area contributed by atoms with Gasteiger partial charge in [0, 0.05) is 41.5 Å². The topological polar surface area (TPSA) is 105 Å². The summed E-state index contributed by atoms with van der Waals surface area (Å²) in [5.74, 6) is -6.16. The first-order valence-corrected chi connectivity index (χ1v) is 14.3. The van der Waals surface area contributed by atoms with Gasteiger partial charge in [0.05, 0.1) is 30.0 Å². The lowest BCUT2D eigenvalue weighted by molar-refractivity contribution is -0.167. The van der Waals surface area contributed by atoms with Crippen molar-refractivity contribution in [1.82, 2.24) is 15.3 Å². The average Bonchev–Trinajstić information content (AvgIpc) is 3.00. The highest BCUT2D eigenvalue weighted by Gasteiger charge is 2.46. The number of aliphatic carboxylic acids is 1. The Balaban J connectivity index is 1.46. The number of hydrogen-bond donors (Lipinski definition) is 2. The number of aryl methyl sites for hydroxylation is 2. The molecule has 4 aromatic rings. The van der Waals surface area contributed by atoms with E-state index < -0.39 is 83.5 Å². The quantitative estimate of drug-likeness (QED) is 0.218. The summed E-state index contributed by atoms with van der Waals surface area (Å²) in [5, 5.41) is 12.2. The Morgan fingerprint density at radius 1 is 1.06 bits per heavy atom. The Morgan fingerprint density at radius 3 is 2.38 bits per heavy atom. The summed E-state index contributed by atoms with van der Waals surface area (Å²) in [5.41, 5.74) is -2.16. The van der Waals surface area contributed by atoms with Crippen LogP contribution >= 0.6 is 0 Å². The molecule has 0 saturated carbocycles. The summed E-state index contributed by atoms with van der Waals surface area (Å²) in [6, 6.07) is 3.64. The number of nitrogens with one attached hydrogen (secondary N) is 1. The summed E-state index contributed by atoms with van der Waals surface area (Å²) in [6.07, 6.45) is -8.71. The van der Waals surface area contributed by atoms with Gasteiger partial charge >= 0.3 is 18.3 Å². The number of carbonyl (C=O) groups is 2. The Morgan fingerprint density at radius 2 is 1.75 bits per heavy atom. The minimum Gasteiger partial charge on any atom is -0.480 e. The second-order valence-electron chi connectivity index (χ2n) is 11.1. The molecule has 5 rings (SSSR count). The zero-order chi connectivity index (χ0) is 35.1. The number of rotatable bonds is 7. The molecule has 0 spiro atoms. The molecule has 2 atom stereocenters. The number of hydrogen-bond acceptors (Lipinski definition) is 6. The maximum absolute atomic E-state index is 15.1. The maximum atomic E-state index is 15.1. The molecule has 1 aliphatic rings. The van der Waals surface area contributed by atoms with Crippen LogP contribution in [0.4, 0.5) is 40.8 Å². The molecule has 1 fully saturated rings. The van der Waals surface area contributed by atoms with E-state index in [1.165, 1.54) is 37.4 Å². The molecule has 2 N–H and O–H groups in total. The third-order valence-electron chi connectivity index (χ3n) is 8.01. The van der Waals surface area contributed by atoms with Crippen molar-refractivity contribution in [3.63, 3.8) is 0 Å². The molecule has 0 aliphatic carbocycles. The third kappa shape index (κ3) is 6.88. The van der Waals surface area contributed by atoms with Crippen molar-refractivity contribution in [2.75, 3.05) is 24.7 Å². The van der Waals surface area contributed by atoms with Crippen molar-refractivity contribution >= 4 is 28.5 Å². The van der Waals surface area contributed by atoms with Crippen molar-refractivity contribution in [2.24, 2.45) is 0 Å². The van der Waals surface area contributed by atoms with Crippen molar-refractivity contribution in [3.8, 4) is 11.3 Å². The zero-order valence-electron chi connectivity index (χ0n) is 25.1. The Bertz CT molecular complexity index is 1870. The van der Waals surface area contributed by atoms with Crippen LogP contribution in [-0.4, -0.2) is 65.0 Å². The van der Waals surface area contributed by atoms with E-state index in [2.05, 4.69) is 9.97 Å². The summed E-state index contributed by atoms with van der Waals surface area (Å²) >= 11 is 0. The highest BCUT2D eigenvalue weighted by atomic mass is 19.4. The maximum Gasteiger partial charge on any atom is 0.418 e. The van der Waals surface area contributed by atoms with Crippen molar-refractivity contribution in [1.29, 1.82) is 0 Å². The monoisotopic (exact) mass is 682 g/mol. The SMILES string of the molecule is Cc1cc(C(F)(F)F)c(-c2ccc(CC(NC(=O)c3c(F)cc(N4CCOC[C@@H]4C(F)(F)F)cc3F)C(=O)O)c3cccnc23)nc1C. The average molecular weight is 683 g/mol. The van der Waals surface area contributed by atoms with Crippen LogP contribution in [0.3, 0.4) is 0 Å². The van der Waals surface area contributed by atoms with Crippen LogP contribution < -0.4 is 10.2 Å². The summed E-state index contributed by atoms with van der Waals surface area (Å²) < 4.78 is 118. The molecule has 254 valence electrons. The number of alkyl halides is 6. The third-order valence-corrected chi connectivity index (χ3v) is 8.01. The molecule has 1 aliphatic heterocycles. The van der Waals surface area contributed by atoms with E-state index >= 15 is 8.78 Å². The number of carboxylic acids is 1. The summed E-state index contributed by atoms with van der Waals surface area (Å²) in [7, 11) is 0. The van der Waals surface area contributed by atoms with Gasteiger partial charge < -0.3 is 20.1 Å². The predicted molar refractivity (Wildman–Crippen MR) is 156 cm³/mol. The van der Waals surface area contributed by atoms with Gasteiger partial charge in [-0.15, -0.1) is 0 Å². The Labute approximate surface area is 267 Å². The molecular formula is C32H26F8N4O4. The van der Waals surface area contributed by atoms with Crippen LogP contribution in [0.5, 0.6) is 0 Å². The Kier molecular flexibility index (Phi) is 9.32. The first-order valence-electron chi connectivity index (χ1n) is 14.3. The molecule has 1 unspecified atom stereocenters. The van der Waals surface area contributed by atoms with Gasteiger partial charge in [0.1, 0.15) is 29.3 Å². The van der Waals surface area contributed by atoms with Crippen LogP contribution in [-0.2, 0) is 22.1 Å². The first kappa shape index (κ1) is 34.5. The fourth-order valence-corrected chi connectivity index (χ4v) is 5.50. The van der Waals surface area contributed by atoms with Crippen LogP contribution in [0.1, 0.15) is 32.7 Å². The molecule has 2 aromatic carbocycles. The molecule has 1 saturated heterocycles. The largest absolute Gasteiger partial charge is 0.480 e. The van der Waals surface area contributed by atoms with E-state index in [1.807, 2.05) is 5.32 Å². The van der Waals surface area contributed by atoms with Crippen LogP contribution in [0.15, 0.2) is 48.7 Å². The summed E-state index contributed by atoms with van der Waals surface area (Å²) in [4.78, 5) is 34.3. The van der Waals surface area contributed by atoms with Crippen molar-refractivity contribution < 1.29 is 54.6 Å². The van der Waals surface area contributed by atoms with Gasteiger partial charge in [-0.05, 0) is 49.2 Å². The smallest absolute Gasteiger partial charge is 0.418 e. The van der Waals surface area contributed by atoms with Gasteiger partial charge in [-0.3, -0.25) is 14.8 Å². The van der Waals surface area contributed by atoms with Crippen molar-refractivity contribution in [2.45, 2.75) is 44.7 Å². The number of pyridine rings is 2. The minimum atomic E-state index is -4.79. The fourth-order valence-electron chi connectivity index (χ4n) is 5.50. The number of benzene rings is 2. The van der Waals surface area contributed by atoms with Gasteiger partial charge in [-0.2, -0.15) is 26.3 Å². The minimum absolute atomic E-state index is 0.0120. The number of carboxylic acid groups (broad SMARTS) is 1. The number of carbonyl (C=O) groups excluding carboxylic acids is 1. The normalized spacial score (nSPS) is 16.2. The molecule has 3 heterocycles. The second-order valence-corrected chi connectivity index (χ2v) is 11.1. The molecule has 48 heavy (non-hydrogen) atoms. The van der Waals surface area contributed by atoms with Gasteiger partial charge in [-0.1, -0.05) is 18.2 Å². The molecule has 0 radical (unpaired) electrons. The molecule has 2 aromatic heterocycles. The predicted octanol–water partition coefficient (Wildman–Crippen LogP) is 6.40. The van der Waals surface area contributed by atoms with E-state index in [0.717, 1.165) is 6.07 Å². The zero-order valence-corrected chi connectivity index (χ0v) is 25.1. The standard InChI is InChI=1S/C32H26F8N4O4/c1-15-10-21(31(35,36)37)28(42-16(15)2)20-6-5-17(19-4-3-7-41-27(19)20)11-24(30(46)47)43-29(45)26-22(33)12-18(13-23(26)34)44-8-9-48-14-25(44)32(38,39)40/h3-7,10,12-13,24-25H,8-9,11,14H2,1-2H3,(H,43,45)(H,46,47)/t24?,25-/m1/s1.